The summed E-state index contributed by atoms with van der Waals surface area (Å²) in [5.74, 6) is 0. The van der Waals surface area contributed by atoms with Gasteiger partial charge in [-0.1, -0.05) is 140 Å². The number of benzene rings is 8. The maximum atomic E-state index is 6.64. The van der Waals surface area contributed by atoms with Crippen LogP contribution in [-0.2, 0) is 0 Å². The molecule has 5 heteroatoms. The number of hydrogen-bond donors (Lipinski definition) is 1. The van der Waals surface area contributed by atoms with E-state index in [0.29, 0.717) is 0 Å². The number of rotatable bonds is 5. The Labute approximate surface area is 328 Å². The molecule has 0 saturated carbocycles. The number of para-hydroxylation sites is 3. The predicted molar refractivity (Wildman–Crippen MR) is 236 cm³/mol. The van der Waals surface area contributed by atoms with E-state index in [0.717, 1.165) is 66.9 Å². The molecule has 0 fully saturated rings. The Hall–Kier alpha value is -7.63. The van der Waals surface area contributed by atoms with E-state index in [-0.39, 0.29) is 6.17 Å². The van der Waals surface area contributed by atoms with E-state index < -0.39 is 0 Å². The summed E-state index contributed by atoms with van der Waals surface area (Å²) < 4.78 is 11.5. The predicted octanol–water partition coefficient (Wildman–Crippen LogP) is 12.9. The topological polar surface area (TPSA) is 47.4 Å². The third kappa shape index (κ3) is 4.92. The monoisotopic (exact) mass is 730 g/mol. The molecular weight excluding hydrogens is 697 g/mol. The van der Waals surface area contributed by atoms with Crippen LogP contribution in [-0.4, -0.2) is 14.8 Å². The lowest BCUT2D eigenvalue weighted by atomic mass is 10.0. The van der Waals surface area contributed by atoms with Crippen LogP contribution in [0.4, 0.5) is 0 Å². The number of aliphatic imine (C=N–C) groups is 1. The number of furan rings is 1. The van der Waals surface area contributed by atoms with Crippen molar-refractivity contribution in [1.82, 2.24) is 14.5 Å². The number of nitrogens with one attached hydrogen (secondary N) is 1. The molecule has 1 atom stereocenters. The Morgan fingerprint density at radius 2 is 1.02 bits per heavy atom. The second kappa shape index (κ2) is 12.4. The standard InChI is InChI=1S/C52H34N4O/c1-4-14-33(15-5-1)44-32-45(34-16-6-2-7-17-34)54-52(53-44)35-24-26-40-43-31-37(25-29-48(43)57-49(40)30-35)56-47-23-13-11-21-39(47)42-28-27-41-38-20-10-12-22-46(38)55(50(41)51(42)56)36-18-8-3-9-19-36/h1-32,52-53H. The molecule has 11 aromatic rings. The van der Waals surface area contributed by atoms with Crippen LogP contribution >= 0.6 is 0 Å². The van der Waals surface area contributed by atoms with Crippen LogP contribution < -0.4 is 5.32 Å². The molecule has 5 nitrogen and oxygen atoms in total. The summed E-state index contributed by atoms with van der Waals surface area (Å²) in [5.41, 5.74) is 13.9. The number of fused-ring (bicyclic) bond motifs is 10. The molecule has 1 aliphatic rings. The third-order valence-corrected chi connectivity index (χ3v) is 11.5. The Morgan fingerprint density at radius 3 is 1.70 bits per heavy atom. The fourth-order valence-electron chi connectivity index (χ4n) is 8.95. The highest BCUT2D eigenvalue weighted by molar-refractivity contribution is 6.24. The first-order valence-electron chi connectivity index (χ1n) is 19.4. The van der Waals surface area contributed by atoms with Gasteiger partial charge in [0.2, 0.25) is 0 Å². The molecule has 0 spiro atoms. The number of nitrogens with zero attached hydrogens (tertiary/aromatic N) is 3. The lowest BCUT2D eigenvalue weighted by Gasteiger charge is -2.25. The Balaban J connectivity index is 1.04. The average molecular weight is 731 g/mol. The fourth-order valence-corrected chi connectivity index (χ4v) is 8.95. The van der Waals surface area contributed by atoms with Gasteiger partial charge < -0.3 is 18.9 Å². The van der Waals surface area contributed by atoms with Crippen molar-refractivity contribution >= 4 is 77.0 Å². The van der Waals surface area contributed by atoms with Gasteiger partial charge in [-0.3, -0.25) is 4.99 Å². The van der Waals surface area contributed by atoms with Gasteiger partial charge in [0.25, 0.3) is 0 Å². The van der Waals surface area contributed by atoms with E-state index in [1.807, 2.05) is 12.1 Å². The molecular formula is C52H34N4O. The lowest BCUT2D eigenvalue weighted by molar-refractivity contribution is 0.650. The molecule has 0 radical (unpaired) electrons. The van der Waals surface area contributed by atoms with E-state index in [9.17, 15) is 0 Å². The van der Waals surface area contributed by atoms with E-state index in [1.54, 1.807) is 0 Å². The van der Waals surface area contributed by atoms with Crippen LogP contribution in [0.2, 0.25) is 0 Å². The van der Waals surface area contributed by atoms with Gasteiger partial charge in [-0.05, 0) is 65.7 Å². The van der Waals surface area contributed by atoms with Gasteiger partial charge in [0.1, 0.15) is 17.3 Å². The molecule has 8 aromatic carbocycles. The highest BCUT2D eigenvalue weighted by atomic mass is 16.3. The first-order valence-corrected chi connectivity index (χ1v) is 19.4. The molecule has 0 bridgehead atoms. The van der Waals surface area contributed by atoms with Gasteiger partial charge in [-0.25, -0.2) is 0 Å². The molecule has 268 valence electrons. The van der Waals surface area contributed by atoms with Crippen molar-refractivity contribution in [2.24, 2.45) is 4.99 Å². The Bertz CT molecular complexity index is 3420. The molecule has 12 rings (SSSR count). The van der Waals surface area contributed by atoms with Crippen LogP contribution in [0.25, 0.3) is 82.6 Å². The minimum absolute atomic E-state index is 0.287. The second-order valence-electron chi connectivity index (χ2n) is 14.8. The van der Waals surface area contributed by atoms with E-state index in [1.165, 1.54) is 38.1 Å². The first-order chi connectivity index (χ1) is 28.3. The maximum Gasteiger partial charge on any atom is 0.145 e. The zero-order valence-electron chi connectivity index (χ0n) is 30.8. The molecule has 3 aromatic heterocycles. The zero-order valence-corrected chi connectivity index (χ0v) is 30.8. The van der Waals surface area contributed by atoms with Crippen LogP contribution in [0.1, 0.15) is 22.9 Å². The summed E-state index contributed by atoms with van der Waals surface area (Å²) in [6.07, 6.45) is 1.86. The third-order valence-electron chi connectivity index (χ3n) is 11.5. The highest BCUT2D eigenvalue weighted by Crippen LogP contribution is 2.42. The average Bonchev–Trinajstić information content (AvgIpc) is 3.94. The van der Waals surface area contributed by atoms with Crippen molar-refractivity contribution < 1.29 is 4.42 Å². The molecule has 0 saturated heterocycles. The highest BCUT2D eigenvalue weighted by Gasteiger charge is 2.23. The van der Waals surface area contributed by atoms with Crippen molar-refractivity contribution in [2.75, 3.05) is 0 Å². The summed E-state index contributed by atoms with van der Waals surface area (Å²) in [5, 5.41) is 10.8. The normalized spacial score (nSPS) is 14.5. The molecule has 4 heterocycles. The summed E-state index contributed by atoms with van der Waals surface area (Å²) in [7, 11) is 0. The van der Waals surface area contributed by atoms with Crippen molar-refractivity contribution in [1.29, 1.82) is 0 Å². The van der Waals surface area contributed by atoms with Crippen molar-refractivity contribution in [3.63, 3.8) is 0 Å². The first kappa shape index (κ1) is 31.7. The Kier molecular flexibility index (Phi) is 6.92. The number of allylic oxidation sites excluding steroid dienone is 1. The summed E-state index contributed by atoms with van der Waals surface area (Å²) in [6.45, 7) is 0. The zero-order chi connectivity index (χ0) is 37.5. The van der Waals surface area contributed by atoms with Crippen molar-refractivity contribution in [3.8, 4) is 11.4 Å². The smallest absolute Gasteiger partial charge is 0.145 e. The maximum absolute atomic E-state index is 6.64. The van der Waals surface area contributed by atoms with Crippen LogP contribution in [0.3, 0.4) is 0 Å². The summed E-state index contributed by atoms with van der Waals surface area (Å²) in [4.78, 5) is 5.22. The molecule has 0 amide bonds. The van der Waals surface area contributed by atoms with E-state index in [4.69, 9.17) is 9.41 Å². The summed E-state index contributed by atoms with van der Waals surface area (Å²) in [6, 6.07) is 66.8. The van der Waals surface area contributed by atoms with Gasteiger partial charge >= 0.3 is 0 Å². The number of aromatic nitrogens is 2. The van der Waals surface area contributed by atoms with Gasteiger partial charge in [-0.15, -0.1) is 0 Å². The molecule has 1 N–H and O–H groups in total. The minimum atomic E-state index is -0.287. The van der Waals surface area contributed by atoms with Crippen molar-refractivity contribution in [2.45, 2.75) is 6.17 Å². The molecule has 0 aliphatic carbocycles. The second-order valence-corrected chi connectivity index (χ2v) is 14.8. The van der Waals surface area contributed by atoms with Crippen molar-refractivity contribution in [3.05, 3.63) is 211 Å². The SMILES string of the molecule is C1=C(c2ccccc2)NC(c2ccc3c(c2)oc2ccc(-n4c5ccccc5c5ccc6c7ccccc7n(-c7ccccc7)c6c54)cc23)N=C1c1ccccc1. The van der Waals surface area contributed by atoms with E-state index in [2.05, 4.69) is 196 Å². The summed E-state index contributed by atoms with van der Waals surface area (Å²) >= 11 is 0. The van der Waals surface area contributed by atoms with E-state index >= 15 is 0 Å². The Morgan fingerprint density at radius 1 is 0.439 bits per heavy atom. The molecule has 1 unspecified atom stereocenters. The minimum Gasteiger partial charge on any atom is -0.456 e. The van der Waals surface area contributed by atoms with Gasteiger partial charge in [-0.2, -0.15) is 0 Å². The fraction of sp³-hybridized carbons (Fsp3) is 0.0192. The molecule has 57 heavy (non-hydrogen) atoms. The van der Waals surface area contributed by atoms with Gasteiger partial charge in [0.05, 0.1) is 27.8 Å². The van der Waals surface area contributed by atoms with Crippen LogP contribution in [0.5, 0.6) is 0 Å². The quantitative estimate of drug-likeness (QED) is 0.192. The van der Waals surface area contributed by atoms with Gasteiger partial charge in [0.15, 0.2) is 0 Å². The molecule has 1 aliphatic heterocycles. The van der Waals surface area contributed by atoms with Crippen LogP contribution in [0.15, 0.2) is 204 Å². The van der Waals surface area contributed by atoms with Gasteiger partial charge in [0, 0.05) is 55.0 Å². The van der Waals surface area contributed by atoms with Crippen LogP contribution in [0, 0.1) is 0 Å². The lowest BCUT2D eigenvalue weighted by Crippen LogP contribution is -2.24. The number of hydrogen-bond acceptors (Lipinski definition) is 3. The largest absolute Gasteiger partial charge is 0.456 e.